The summed E-state index contributed by atoms with van der Waals surface area (Å²) in [5, 5.41) is 18.7. The molecule has 1 atom stereocenters. The molecule has 0 radical (unpaired) electrons. The molecule has 1 N–H and O–H groups in total. The Bertz CT molecular complexity index is 1230. The molecule has 1 aliphatic heterocycles. The molecule has 0 saturated carbocycles. The fourth-order valence-electron chi connectivity index (χ4n) is 3.62. The molecule has 1 fully saturated rings. The number of carbonyl (C=O) groups is 1. The maximum absolute atomic E-state index is 14.5. The number of nitrogens with zero attached hydrogens (tertiary/aromatic N) is 3. The van der Waals surface area contributed by atoms with E-state index in [9.17, 15) is 19.3 Å². The van der Waals surface area contributed by atoms with Crippen LogP contribution >= 0.6 is 0 Å². The van der Waals surface area contributed by atoms with E-state index in [4.69, 9.17) is 14.2 Å². The van der Waals surface area contributed by atoms with Gasteiger partial charge < -0.3 is 14.2 Å². The van der Waals surface area contributed by atoms with Crippen molar-refractivity contribution in [3.8, 4) is 11.5 Å². The third-order valence-electron chi connectivity index (χ3n) is 5.11. The van der Waals surface area contributed by atoms with Crippen molar-refractivity contribution in [1.82, 2.24) is 9.78 Å². The van der Waals surface area contributed by atoms with Crippen molar-refractivity contribution in [2.45, 2.75) is 51.9 Å². The Labute approximate surface area is 194 Å². The first-order valence-corrected chi connectivity index (χ1v) is 10.9. The Hall–Kier alpha value is -3.73. The highest BCUT2D eigenvalue weighted by Gasteiger charge is 2.23. The number of benzene rings is 2. The lowest BCUT2D eigenvalue weighted by atomic mass is 10.1. The van der Waals surface area contributed by atoms with Gasteiger partial charge in [-0.05, 0) is 58.2 Å². The Balaban J connectivity index is 1.73. The van der Waals surface area contributed by atoms with Gasteiger partial charge in [-0.3, -0.25) is 15.4 Å². The lowest BCUT2D eigenvalue weighted by Crippen LogP contribution is -2.27. The summed E-state index contributed by atoms with van der Waals surface area (Å²) >= 11 is 0. The molecule has 1 saturated heterocycles. The van der Waals surface area contributed by atoms with E-state index in [-0.39, 0.29) is 23.4 Å². The van der Waals surface area contributed by atoms with Gasteiger partial charge >= 0.3 is 6.09 Å². The average Bonchev–Trinajstić information content (AvgIpc) is 3.17. The third-order valence-corrected chi connectivity index (χ3v) is 5.11. The highest BCUT2D eigenvalue weighted by atomic mass is 19.1. The number of hydrogen-bond donors (Lipinski definition) is 1. The van der Waals surface area contributed by atoms with Gasteiger partial charge in [0.1, 0.15) is 5.60 Å². The molecule has 0 aliphatic carbocycles. The first-order chi connectivity index (χ1) is 16.1. The normalized spacial score (nSPS) is 16.3. The van der Waals surface area contributed by atoms with Gasteiger partial charge in [-0.2, -0.15) is 5.10 Å². The highest BCUT2D eigenvalue weighted by molar-refractivity contribution is 5.93. The minimum absolute atomic E-state index is 0.121. The topological polar surface area (TPSA) is 118 Å². The maximum Gasteiger partial charge on any atom is 0.412 e. The van der Waals surface area contributed by atoms with E-state index in [1.807, 2.05) is 0 Å². The van der Waals surface area contributed by atoms with Gasteiger partial charge in [0.2, 0.25) is 0 Å². The first-order valence-electron chi connectivity index (χ1n) is 10.9. The number of rotatable bonds is 5. The zero-order valence-electron chi connectivity index (χ0n) is 19.0. The smallest absolute Gasteiger partial charge is 0.412 e. The number of hydrogen-bond acceptors (Lipinski definition) is 7. The molecule has 1 amide bonds. The summed E-state index contributed by atoms with van der Waals surface area (Å²) < 4.78 is 33.2. The number of ether oxygens (including phenoxy) is 3. The monoisotopic (exact) mass is 472 g/mol. The quantitative estimate of drug-likeness (QED) is 0.362. The van der Waals surface area contributed by atoms with Crippen molar-refractivity contribution in [1.29, 1.82) is 0 Å². The number of non-ortho nitro benzene ring substituents is 1. The number of nitro benzene ring substituents is 1. The SMILES string of the molecule is CC(C)(C)OC(=O)Nc1cc2c(cnn2C2CCCCO2)cc1Oc1ccc([N+](=O)[O-])cc1F. The Morgan fingerprint density at radius 2 is 2.06 bits per heavy atom. The molecule has 1 aliphatic rings. The average molecular weight is 472 g/mol. The Kier molecular flexibility index (Phi) is 6.38. The number of aromatic nitrogens is 2. The van der Waals surface area contributed by atoms with E-state index in [0.29, 0.717) is 17.5 Å². The van der Waals surface area contributed by atoms with Gasteiger partial charge in [-0.15, -0.1) is 0 Å². The number of halogens is 1. The molecular formula is C23H25FN4O6. The molecule has 4 rings (SSSR count). The summed E-state index contributed by atoms with van der Waals surface area (Å²) in [6, 6.07) is 6.33. The van der Waals surface area contributed by atoms with Crippen molar-refractivity contribution in [3.63, 3.8) is 0 Å². The molecule has 3 aromatic rings. The number of nitrogens with one attached hydrogen (secondary N) is 1. The fraction of sp³-hybridized carbons (Fsp3) is 0.391. The van der Waals surface area contributed by atoms with E-state index in [1.54, 1.807) is 43.8 Å². The van der Waals surface area contributed by atoms with Crippen molar-refractivity contribution < 1.29 is 28.3 Å². The zero-order valence-corrected chi connectivity index (χ0v) is 19.0. The molecule has 10 nitrogen and oxygen atoms in total. The molecular weight excluding hydrogens is 447 g/mol. The van der Waals surface area contributed by atoms with Gasteiger partial charge in [0.25, 0.3) is 5.69 Å². The van der Waals surface area contributed by atoms with Crippen LogP contribution in [0.4, 0.5) is 20.6 Å². The molecule has 0 spiro atoms. The molecule has 2 aromatic carbocycles. The molecule has 0 bridgehead atoms. The minimum atomic E-state index is -0.913. The van der Waals surface area contributed by atoms with Crippen molar-refractivity contribution in [3.05, 3.63) is 52.5 Å². The summed E-state index contributed by atoms with van der Waals surface area (Å²) in [6.07, 6.45) is 3.47. The standard InChI is InChI=1S/C23H25FN4O6/c1-23(2,3)34-22(29)26-17-12-18-14(13-25-27(18)21-6-4-5-9-32-21)10-20(17)33-19-8-7-15(28(30)31)11-16(19)24/h7-8,10-13,21H,4-6,9H2,1-3H3,(H,26,29). The third kappa shape index (κ3) is 5.25. The van der Waals surface area contributed by atoms with Crippen molar-refractivity contribution in [2.75, 3.05) is 11.9 Å². The molecule has 1 unspecified atom stereocenters. The lowest BCUT2D eigenvalue weighted by Gasteiger charge is -2.24. The van der Waals surface area contributed by atoms with E-state index >= 15 is 0 Å². The second-order valence-electron chi connectivity index (χ2n) is 8.92. The fourth-order valence-corrected chi connectivity index (χ4v) is 3.62. The van der Waals surface area contributed by atoms with Gasteiger partial charge in [-0.25, -0.2) is 13.9 Å². The van der Waals surface area contributed by atoms with Gasteiger partial charge in [0.15, 0.2) is 23.5 Å². The minimum Gasteiger partial charge on any atom is -0.452 e. The summed E-state index contributed by atoms with van der Waals surface area (Å²) in [4.78, 5) is 22.7. The van der Waals surface area contributed by atoms with Crippen LogP contribution in [0.1, 0.15) is 46.3 Å². The zero-order chi connectivity index (χ0) is 24.5. The second-order valence-corrected chi connectivity index (χ2v) is 8.92. The molecule has 2 heterocycles. The lowest BCUT2D eigenvalue weighted by molar-refractivity contribution is -0.385. The molecule has 1 aromatic heterocycles. The number of nitro groups is 1. The van der Waals surface area contributed by atoms with Crippen molar-refractivity contribution in [2.24, 2.45) is 0 Å². The van der Waals surface area contributed by atoms with E-state index < -0.39 is 28.1 Å². The molecule has 34 heavy (non-hydrogen) atoms. The summed E-state index contributed by atoms with van der Waals surface area (Å²) in [6.45, 7) is 5.83. The number of anilines is 1. The van der Waals surface area contributed by atoms with E-state index in [0.717, 1.165) is 37.5 Å². The van der Waals surface area contributed by atoms with Crippen LogP contribution in [-0.2, 0) is 9.47 Å². The predicted octanol–water partition coefficient (Wildman–Crippen LogP) is 5.92. The number of carbonyl (C=O) groups excluding carboxylic acids is 1. The Morgan fingerprint density at radius 3 is 2.71 bits per heavy atom. The predicted molar refractivity (Wildman–Crippen MR) is 122 cm³/mol. The summed E-state index contributed by atoms with van der Waals surface area (Å²) in [5.41, 5.74) is -0.232. The van der Waals surface area contributed by atoms with Crippen LogP contribution < -0.4 is 10.1 Å². The summed E-state index contributed by atoms with van der Waals surface area (Å²) in [5.74, 6) is -1.03. The van der Waals surface area contributed by atoms with E-state index in [2.05, 4.69) is 10.4 Å². The Morgan fingerprint density at radius 1 is 1.26 bits per heavy atom. The van der Waals surface area contributed by atoms with Crippen LogP contribution in [-0.4, -0.2) is 33.0 Å². The molecule has 180 valence electrons. The van der Waals surface area contributed by atoms with Gasteiger partial charge in [0, 0.05) is 18.1 Å². The van der Waals surface area contributed by atoms with Crippen LogP contribution in [0.5, 0.6) is 11.5 Å². The van der Waals surface area contributed by atoms with Crippen LogP contribution in [0, 0.1) is 15.9 Å². The van der Waals surface area contributed by atoms with Crippen molar-refractivity contribution >= 4 is 28.4 Å². The number of fused-ring (bicyclic) bond motifs is 1. The largest absolute Gasteiger partial charge is 0.452 e. The van der Waals surface area contributed by atoms with Crippen LogP contribution in [0.15, 0.2) is 36.5 Å². The van der Waals surface area contributed by atoms with Gasteiger partial charge in [-0.1, -0.05) is 0 Å². The van der Waals surface area contributed by atoms with Crippen LogP contribution in [0.25, 0.3) is 10.9 Å². The second kappa shape index (κ2) is 9.26. The summed E-state index contributed by atoms with van der Waals surface area (Å²) in [7, 11) is 0. The number of amides is 1. The highest BCUT2D eigenvalue weighted by Crippen LogP contribution is 2.37. The van der Waals surface area contributed by atoms with Crippen LogP contribution in [0.2, 0.25) is 0 Å². The first kappa shape index (κ1) is 23.4. The van der Waals surface area contributed by atoms with E-state index in [1.165, 1.54) is 0 Å². The van der Waals surface area contributed by atoms with Crippen LogP contribution in [0.3, 0.4) is 0 Å². The van der Waals surface area contributed by atoms with Gasteiger partial charge in [0.05, 0.1) is 28.4 Å². The maximum atomic E-state index is 14.5. The molecule has 11 heteroatoms.